The molecule has 0 spiro atoms. The Hall–Kier alpha value is -4.94. The van der Waals surface area contributed by atoms with Gasteiger partial charge in [-0.2, -0.15) is 26.3 Å². The minimum Gasteiger partial charge on any atom is -0.407 e. The first kappa shape index (κ1) is 33.9. The van der Waals surface area contributed by atoms with Crippen molar-refractivity contribution < 1.29 is 49.4 Å². The fourth-order valence-electron chi connectivity index (χ4n) is 4.78. The number of carbonyl (C=O) groups excluding carboxylic acids is 2. The molecule has 4 rings (SSSR count). The lowest BCUT2D eigenvalue weighted by molar-refractivity contribution is -0.138. The first-order valence-electron chi connectivity index (χ1n) is 13.7. The number of nitrogens with one attached hydrogen (secondary N) is 2. The van der Waals surface area contributed by atoms with Crippen LogP contribution in [0.15, 0.2) is 91.0 Å². The van der Waals surface area contributed by atoms with Crippen LogP contribution in [0.2, 0.25) is 0 Å². The number of hydrogen-bond acceptors (Lipinski definition) is 3. The smallest absolute Gasteiger partial charge is 0.407 e. The van der Waals surface area contributed by atoms with E-state index in [1.807, 2.05) is 0 Å². The van der Waals surface area contributed by atoms with Crippen molar-refractivity contribution in [2.24, 2.45) is 0 Å². The van der Waals surface area contributed by atoms with Crippen molar-refractivity contribution in [1.29, 1.82) is 0 Å². The molecule has 0 aliphatic rings. The summed E-state index contributed by atoms with van der Waals surface area (Å²) >= 11 is 0. The molecule has 0 heterocycles. The number of benzene rings is 4. The highest BCUT2D eigenvalue weighted by Crippen LogP contribution is 2.40. The van der Waals surface area contributed by atoms with E-state index in [0.29, 0.717) is 17.7 Å². The molecule has 4 aromatic carbocycles. The Kier molecular flexibility index (Phi) is 9.74. The summed E-state index contributed by atoms with van der Waals surface area (Å²) < 4.78 is 117. The molecule has 5 nitrogen and oxygen atoms in total. The summed E-state index contributed by atoms with van der Waals surface area (Å²) in [6, 6.07) is 15.2. The second-order valence-corrected chi connectivity index (χ2v) is 10.7. The lowest BCUT2D eigenvalue weighted by Crippen LogP contribution is -2.49. The molecule has 2 N–H and O–H groups in total. The van der Waals surface area contributed by atoms with E-state index in [-0.39, 0.29) is 11.6 Å². The third-order valence-electron chi connectivity index (χ3n) is 6.84. The second kappa shape index (κ2) is 13.2. The summed E-state index contributed by atoms with van der Waals surface area (Å²) in [7, 11) is 0. The van der Waals surface area contributed by atoms with Crippen LogP contribution in [0.1, 0.15) is 52.0 Å². The normalized spacial score (nSPS) is 13.2. The zero-order valence-electron chi connectivity index (χ0n) is 24.2. The van der Waals surface area contributed by atoms with Gasteiger partial charge in [0.15, 0.2) is 11.6 Å². The molecular formula is C33H26F8N2O3. The third-order valence-corrected chi connectivity index (χ3v) is 6.84. The fourth-order valence-corrected chi connectivity index (χ4v) is 4.78. The van der Waals surface area contributed by atoms with Gasteiger partial charge in [-0.05, 0) is 79.1 Å². The van der Waals surface area contributed by atoms with Crippen LogP contribution in [0, 0.1) is 11.6 Å². The van der Waals surface area contributed by atoms with Gasteiger partial charge in [-0.3, -0.25) is 4.79 Å². The van der Waals surface area contributed by atoms with Crippen molar-refractivity contribution in [2.75, 3.05) is 0 Å². The second-order valence-electron chi connectivity index (χ2n) is 10.7. The van der Waals surface area contributed by atoms with Gasteiger partial charge in [-0.1, -0.05) is 42.5 Å². The number of ether oxygens (including phenoxy) is 1. The minimum absolute atomic E-state index is 0.177. The van der Waals surface area contributed by atoms with Crippen LogP contribution in [0.25, 0.3) is 0 Å². The molecular weight excluding hydrogens is 624 g/mol. The summed E-state index contributed by atoms with van der Waals surface area (Å²) in [6.07, 6.45) is -11.4. The average molecular weight is 651 g/mol. The molecule has 1 atom stereocenters. The monoisotopic (exact) mass is 650 g/mol. The molecule has 0 aliphatic heterocycles. The molecule has 13 heteroatoms. The van der Waals surface area contributed by atoms with Crippen LogP contribution in [-0.2, 0) is 24.3 Å². The van der Waals surface area contributed by atoms with Gasteiger partial charge in [0, 0.05) is 18.0 Å². The largest absolute Gasteiger partial charge is 0.416 e. The topological polar surface area (TPSA) is 67.4 Å². The Morgan fingerprint density at radius 2 is 1.37 bits per heavy atom. The molecule has 46 heavy (non-hydrogen) atoms. The SMILES string of the molecule is CC(C)NC(=O)Oc1cc([C@@](Cc2ccccc2)(NC(=O)c2cccc(C(F)(F)F)c2)c2cc(F)cc(C(F)(F)F)c2)ccc1F. The Labute approximate surface area is 258 Å². The lowest BCUT2D eigenvalue weighted by atomic mass is 9.77. The number of rotatable bonds is 8. The first-order chi connectivity index (χ1) is 21.5. The van der Waals surface area contributed by atoms with Gasteiger partial charge in [-0.15, -0.1) is 0 Å². The standard InChI is InChI=1S/C33H26F8N2O3/c1-19(2)42-30(45)46-28-17-22(11-12-27(28)35)31(18-20-7-4-3-5-8-20,24-14-25(33(39,40)41)16-26(34)15-24)43-29(44)21-9-6-10-23(13-21)32(36,37)38/h3-17,19H,18H2,1-2H3,(H,42,45)(H,43,44)/t31-/m1/s1. The molecule has 0 aromatic heterocycles. The van der Waals surface area contributed by atoms with Crippen molar-refractivity contribution in [3.05, 3.63) is 136 Å². The van der Waals surface area contributed by atoms with Gasteiger partial charge < -0.3 is 15.4 Å². The van der Waals surface area contributed by atoms with Crippen molar-refractivity contribution >= 4 is 12.0 Å². The number of hydrogen-bond donors (Lipinski definition) is 2. The van der Waals surface area contributed by atoms with E-state index < -0.39 is 82.0 Å². The van der Waals surface area contributed by atoms with E-state index in [2.05, 4.69) is 10.6 Å². The van der Waals surface area contributed by atoms with Gasteiger partial charge in [0.05, 0.1) is 16.7 Å². The third kappa shape index (κ3) is 8.01. The van der Waals surface area contributed by atoms with Crippen LogP contribution < -0.4 is 15.4 Å². The highest BCUT2D eigenvalue weighted by Gasteiger charge is 2.41. The highest BCUT2D eigenvalue weighted by atomic mass is 19.4. The molecule has 0 radical (unpaired) electrons. The average Bonchev–Trinajstić information content (AvgIpc) is 2.97. The van der Waals surface area contributed by atoms with E-state index in [1.54, 1.807) is 44.2 Å². The van der Waals surface area contributed by atoms with Crippen molar-refractivity contribution in [1.82, 2.24) is 10.6 Å². The van der Waals surface area contributed by atoms with E-state index in [9.17, 15) is 44.7 Å². The number of halogens is 8. The number of amides is 2. The molecule has 0 unspecified atom stereocenters. The molecule has 0 saturated carbocycles. The van der Waals surface area contributed by atoms with Gasteiger partial charge in [0.2, 0.25) is 0 Å². The Balaban J connectivity index is 2.01. The maximum Gasteiger partial charge on any atom is 0.416 e. The van der Waals surface area contributed by atoms with Crippen LogP contribution in [-0.4, -0.2) is 18.0 Å². The summed E-state index contributed by atoms with van der Waals surface area (Å²) in [5, 5.41) is 4.91. The summed E-state index contributed by atoms with van der Waals surface area (Å²) in [5.74, 6) is -4.26. The van der Waals surface area contributed by atoms with Gasteiger partial charge in [0.25, 0.3) is 5.91 Å². The quantitative estimate of drug-likeness (QED) is 0.188. The number of alkyl halides is 6. The molecule has 242 valence electrons. The maximum atomic E-state index is 14.9. The van der Waals surface area contributed by atoms with E-state index >= 15 is 0 Å². The molecule has 0 saturated heterocycles. The van der Waals surface area contributed by atoms with E-state index in [4.69, 9.17) is 4.74 Å². The zero-order chi connectivity index (χ0) is 33.9. The maximum absolute atomic E-state index is 14.9. The molecule has 0 aliphatic carbocycles. The minimum atomic E-state index is -5.05. The lowest BCUT2D eigenvalue weighted by Gasteiger charge is -2.37. The Bertz CT molecular complexity index is 1720. The van der Waals surface area contributed by atoms with Crippen LogP contribution in [0.4, 0.5) is 39.9 Å². The Morgan fingerprint density at radius 3 is 2.00 bits per heavy atom. The summed E-state index contributed by atoms with van der Waals surface area (Å²) in [5.41, 5.74) is -5.59. The number of carbonyl (C=O) groups is 2. The molecule has 2 amide bonds. The summed E-state index contributed by atoms with van der Waals surface area (Å²) in [4.78, 5) is 26.1. The van der Waals surface area contributed by atoms with Crippen LogP contribution >= 0.6 is 0 Å². The Morgan fingerprint density at radius 1 is 0.717 bits per heavy atom. The highest BCUT2D eigenvalue weighted by molar-refractivity contribution is 5.95. The van der Waals surface area contributed by atoms with Crippen molar-refractivity contribution in [3.63, 3.8) is 0 Å². The van der Waals surface area contributed by atoms with Crippen LogP contribution in [0.5, 0.6) is 5.75 Å². The van der Waals surface area contributed by atoms with E-state index in [1.165, 1.54) is 0 Å². The molecule has 0 fully saturated rings. The molecule has 4 aromatic rings. The van der Waals surface area contributed by atoms with Crippen LogP contribution in [0.3, 0.4) is 0 Å². The summed E-state index contributed by atoms with van der Waals surface area (Å²) in [6.45, 7) is 3.20. The first-order valence-corrected chi connectivity index (χ1v) is 13.7. The predicted molar refractivity (Wildman–Crippen MR) is 152 cm³/mol. The van der Waals surface area contributed by atoms with Crippen molar-refractivity contribution in [2.45, 2.75) is 44.2 Å². The van der Waals surface area contributed by atoms with E-state index in [0.717, 1.165) is 42.5 Å². The fraction of sp³-hybridized carbons (Fsp3) is 0.212. The predicted octanol–water partition coefficient (Wildman–Crippen LogP) is 8.42. The van der Waals surface area contributed by atoms with Gasteiger partial charge >= 0.3 is 18.4 Å². The zero-order valence-corrected chi connectivity index (χ0v) is 24.2. The van der Waals surface area contributed by atoms with Gasteiger partial charge in [-0.25, -0.2) is 13.6 Å². The van der Waals surface area contributed by atoms with Gasteiger partial charge in [0.1, 0.15) is 5.82 Å². The van der Waals surface area contributed by atoms with Crippen molar-refractivity contribution in [3.8, 4) is 5.75 Å². The molecule has 0 bridgehead atoms.